The van der Waals surface area contributed by atoms with Gasteiger partial charge in [0.1, 0.15) is 11.5 Å². The van der Waals surface area contributed by atoms with E-state index in [1.54, 1.807) is 50.4 Å². The number of ether oxygens (including phenoxy) is 3. The molecular formula is C23H22F2N2O5. The van der Waals surface area contributed by atoms with Crippen molar-refractivity contribution in [3.63, 3.8) is 0 Å². The number of amides is 1. The quantitative estimate of drug-likeness (QED) is 0.507. The summed E-state index contributed by atoms with van der Waals surface area (Å²) in [6, 6.07) is 13.1. The number of carbonyl (C=O) groups excluding carboxylic acids is 2. The molecule has 1 amide bonds. The van der Waals surface area contributed by atoms with E-state index in [4.69, 9.17) is 9.47 Å². The van der Waals surface area contributed by atoms with Gasteiger partial charge in [-0.15, -0.1) is 0 Å². The number of pyridine rings is 1. The Morgan fingerprint density at radius 1 is 1.06 bits per heavy atom. The van der Waals surface area contributed by atoms with Crippen molar-refractivity contribution in [2.45, 2.75) is 20.0 Å². The number of nitrogens with one attached hydrogen (secondary N) is 1. The number of benzene rings is 2. The van der Waals surface area contributed by atoms with Crippen molar-refractivity contribution in [1.82, 2.24) is 10.3 Å². The Bertz CT molecular complexity index is 1100. The fourth-order valence-electron chi connectivity index (χ4n) is 3.02. The Hall–Kier alpha value is -3.75. The van der Waals surface area contributed by atoms with Crippen LogP contribution in [0, 0.1) is 6.92 Å². The maximum atomic E-state index is 12.4. The minimum absolute atomic E-state index is 0.0670. The molecule has 0 aliphatic rings. The largest absolute Gasteiger partial charge is 0.497 e. The SMILES string of the molecule is COc1ccc2cc(C(=O)OCC(=O)NCCc3ccc(OC(F)F)cc3)c(C)nc2c1. The van der Waals surface area contributed by atoms with Gasteiger partial charge in [0, 0.05) is 18.0 Å². The molecule has 0 fully saturated rings. The number of rotatable bonds is 9. The maximum absolute atomic E-state index is 12.4. The third-order valence-corrected chi connectivity index (χ3v) is 4.65. The van der Waals surface area contributed by atoms with Crippen LogP contribution in [0.15, 0.2) is 48.5 Å². The van der Waals surface area contributed by atoms with Crippen LogP contribution in [-0.2, 0) is 16.0 Å². The third kappa shape index (κ3) is 6.13. The number of alkyl halides is 2. The molecule has 0 radical (unpaired) electrons. The summed E-state index contributed by atoms with van der Waals surface area (Å²) in [5, 5.41) is 3.39. The standard InChI is InChI=1S/C23H22F2N2O5/c1-14-19(11-16-5-8-18(30-2)12-20(16)27-14)22(29)31-13-21(28)26-10-9-15-3-6-17(7-4-15)32-23(24)25/h3-8,11-12,23H,9-10,13H2,1-2H3,(H,26,28). The number of fused-ring (bicyclic) bond motifs is 1. The molecule has 3 aromatic rings. The Kier molecular flexibility index (Phi) is 7.54. The molecule has 0 saturated heterocycles. The Morgan fingerprint density at radius 2 is 1.78 bits per heavy atom. The Balaban J connectivity index is 1.48. The van der Waals surface area contributed by atoms with Gasteiger partial charge in [-0.25, -0.2) is 4.79 Å². The second-order valence-corrected chi connectivity index (χ2v) is 6.88. The smallest absolute Gasteiger partial charge is 0.387 e. The molecule has 0 aliphatic carbocycles. The molecule has 0 unspecified atom stereocenters. The number of aromatic nitrogens is 1. The second kappa shape index (κ2) is 10.5. The summed E-state index contributed by atoms with van der Waals surface area (Å²) < 4.78 is 38.9. The molecule has 32 heavy (non-hydrogen) atoms. The van der Waals surface area contributed by atoms with Crippen LogP contribution in [0.2, 0.25) is 0 Å². The van der Waals surface area contributed by atoms with E-state index in [0.717, 1.165) is 10.9 Å². The molecule has 0 spiro atoms. The van der Waals surface area contributed by atoms with Gasteiger partial charge in [-0.3, -0.25) is 9.78 Å². The van der Waals surface area contributed by atoms with Crippen LogP contribution < -0.4 is 14.8 Å². The van der Waals surface area contributed by atoms with E-state index < -0.39 is 25.1 Å². The monoisotopic (exact) mass is 444 g/mol. The average molecular weight is 444 g/mol. The highest BCUT2D eigenvalue weighted by atomic mass is 19.3. The fourth-order valence-corrected chi connectivity index (χ4v) is 3.02. The van der Waals surface area contributed by atoms with Crippen molar-refractivity contribution < 1.29 is 32.6 Å². The molecule has 9 heteroatoms. The third-order valence-electron chi connectivity index (χ3n) is 4.65. The summed E-state index contributed by atoms with van der Waals surface area (Å²) in [7, 11) is 1.56. The van der Waals surface area contributed by atoms with Crippen molar-refractivity contribution in [1.29, 1.82) is 0 Å². The van der Waals surface area contributed by atoms with Gasteiger partial charge in [0.15, 0.2) is 6.61 Å². The second-order valence-electron chi connectivity index (χ2n) is 6.88. The number of methoxy groups -OCH3 is 1. The first-order valence-electron chi connectivity index (χ1n) is 9.78. The summed E-state index contributed by atoms with van der Waals surface area (Å²) in [6.45, 7) is -1.32. The molecular weight excluding hydrogens is 422 g/mol. The molecule has 168 valence electrons. The predicted molar refractivity (Wildman–Crippen MR) is 113 cm³/mol. The number of hydrogen-bond donors (Lipinski definition) is 1. The van der Waals surface area contributed by atoms with Gasteiger partial charge >= 0.3 is 12.6 Å². The van der Waals surface area contributed by atoms with Gasteiger partial charge in [-0.05, 0) is 49.2 Å². The van der Waals surface area contributed by atoms with E-state index in [0.29, 0.717) is 29.9 Å². The van der Waals surface area contributed by atoms with E-state index in [9.17, 15) is 18.4 Å². The zero-order valence-electron chi connectivity index (χ0n) is 17.6. The van der Waals surface area contributed by atoms with E-state index in [1.807, 2.05) is 0 Å². The van der Waals surface area contributed by atoms with Crippen LogP contribution in [0.5, 0.6) is 11.5 Å². The first-order valence-corrected chi connectivity index (χ1v) is 9.78. The lowest BCUT2D eigenvalue weighted by molar-refractivity contribution is -0.124. The molecule has 0 atom stereocenters. The highest BCUT2D eigenvalue weighted by Gasteiger charge is 2.15. The zero-order chi connectivity index (χ0) is 23.1. The molecule has 3 rings (SSSR count). The molecule has 0 saturated carbocycles. The molecule has 0 bridgehead atoms. The summed E-state index contributed by atoms with van der Waals surface area (Å²) in [4.78, 5) is 28.8. The van der Waals surface area contributed by atoms with Crippen molar-refractivity contribution >= 4 is 22.8 Å². The van der Waals surface area contributed by atoms with Crippen LogP contribution in [-0.4, -0.2) is 43.7 Å². The molecule has 7 nitrogen and oxygen atoms in total. The number of esters is 1. The summed E-state index contributed by atoms with van der Waals surface area (Å²) in [5.74, 6) is -0.365. The number of hydrogen-bond acceptors (Lipinski definition) is 6. The molecule has 0 aliphatic heterocycles. The fraction of sp³-hybridized carbons (Fsp3) is 0.261. The Labute approximate surface area is 183 Å². The average Bonchev–Trinajstić information content (AvgIpc) is 2.77. The highest BCUT2D eigenvalue weighted by molar-refractivity contribution is 5.96. The lowest BCUT2D eigenvalue weighted by Gasteiger charge is -2.10. The van der Waals surface area contributed by atoms with E-state index in [1.165, 1.54) is 12.1 Å². The lowest BCUT2D eigenvalue weighted by atomic mass is 10.1. The van der Waals surface area contributed by atoms with Crippen LogP contribution in [0.25, 0.3) is 10.9 Å². The number of nitrogens with zero attached hydrogens (tertiary/aromatic N) is 1. The van der Waals surface area contributed by atoms with Crippen LogP contribution >= 0.6 is 0 Å². The summed E-state index contributed by atoms with van der Waals surface area (Å²) in [6.07, 6.45) is 0.478. The minimum atomic E-state index is -2.87. The lowest BCUT2D eigenvalue weighted by Crippen LogP contribution is -2.30. The topological polar surface area (TPSA) is 86.8 Å². The maximum Gasteiger partial charge on any atom is 0.387 e. The first-order chi connectivity index (χ1) is 15.4. The summed E-state index contributed by atoms with van der Waals surface area (Å²) >= 11 is 0. The van der Waals surface area contributed by atoms with Crippen LogP contribution in [0.3, 0.4) is 0 Å². The van der Waals surface area contributed by atoms with E-state index >= 15 is 0 Å². The van der Waals surface area contributed by atoms with Crippen molar-refractivity contribution in [2.75, 3.05) is 20.3 Å². The Morgan fingerprint density at radius 3 is 2.47 bits per heavy atom. The first kappa shape index (κ1) is 22.9. The van der Waals surface area contributed by atoms with Crippen LogP contribution in [0.1, 0.15) is 21.6 Å². The van der Waals surface area contributed by atoms with Crippen molar-refractivity contribution in [3.8, 4) is 11.5 Å². The number of carbonyl (C=O) groups is 2. The van der Waals surface area contributed by atoms with E-state index in [2.05, 4.69) is 15.0 Å². The van der Waals surface area contributed by atoms with Crippen molar-refractivity contribution in [2.24, 2.45) is 0 Å². The summed E-state index contributed by atoms with van der Waals surface area (Å²) in [5.41, 5.74) is 2.28. The number of aryl methyl sites for hydroxylation is 1. The van der Waals surface area contributed by atoms with Gasteiger partial charge in [0.25, 0.3) is 5.91 Å². The van der Waals surface area contributed by atoms with Crippen LogP contribution in [0.4, 0.5) is 8.78 Å². The van der Waals surface area contributed by atoms with Gasteiger partial charge in [0.2, 0.25) is 0 Å². The minimum Gasteiger partial charge on any atom is -0.497 e. The molecule has 1 aromatic heterocycles. The molecule has 1 N–H and O–H groups in total. The van der Waals surface area contributed by atoms with Crippen molar-refractivity contribution in [3.05, 3.63) is 65.4 Å². The zero-order valence-corrected chi connectivity index (χ0v) is 17.6. The highest BCUT2D eigenvalue weighted by Crippen LogP contribution is 2.22. The van der Waals surface area contributed by atoms with Gasteiger partial charge in [-0.2, -0.15) is 8.78 Å². The van der Waals surface area contributed by atoms with Gasteiger partial charge in [0.05, 0.1) is 23.9 Å². The van der Waals surface area contributed by atoms with E-state index in [-0.39, 0.29) is 11.3 Å². The van der Waals surface area contributed by atoms with Gasteiger partial charge in [-0.1, -0.05) is 12.1 Å². The molecule has 1 heterocycles. The number of halogens is 2. The normalized spacial score (nSPS) is 10.8. The van der Waals surface area contributed by atoms with Gasteiger partial charge < -0.3 is 19.5 Å². The predicted octanol–water partition coefficient (Wildman–Crippen LogP) is 3.67. The molecule has 2 aromatic carbocycles.